The van der Waals surface area contributed by atoms with Crippen LogP contribution in [0.25, 0.3) is 10.8 Å². The molecule has 0 heterocycles. The first-order chi connectivity index (χ1) is 13.5. The van der Waals surface area contributed by atoms with E-state index in [1.807, 2.05) is 0 Å². The molecule has 0 amide bonds. The van der Waals surface area contributed by atoms with Crippen LogP contribution in [-0.2, 0) is 14.3 Å². The molecule has 154 valence electrons. The summed E-state index contributed by atoms with van der Waals surface area (Å²) in [4.78, 5) is 46.4. The van der Waals surface area contributed by atoms with Gasteiger partial charge in [0.1, 0.15) is 0 Å². The van der Waals surface area contributed by atoms with Crippen LogP contribution in [0, 0.1) is 31.6 Å². The van der Waals surface area contributed by atoms with Crippen LogP contribution < -0.4 is 4.74 Å². The van der Waals surface area contributed by atoms with Gasteiger partial charge in [0.05, 0.1) is 27.9 Å². The Kier molecular flexibility index (Phi) is 6.15. The number of nitro benzene ring substituents is 2. The summed E-state index contributed by atoms with van der Waals surface area (Å²) in [5, 5.41) is 22.9. The topological polar surface area (TPSA) is 139 Å². The highest BCUT2D eigenvalue weighted by molar-refractivity contribution is 6.02. The van der Waals surface area contributed by atoms with Crippen molar-refractivity contribution in [1.82, 2.24) is 0 Å². The summed E-state index contributed by atoms with van der Waals surface area (Å²) >= 11 is 0. The Morgan fingerprint density at radius 3 is 2.03 bits per heavy atom. The minimum Gasteiger partial charge on any atom is -0.465 e. The molecular formula is C19H20N2O8. The van der Waals surface area contributed by atoms with E-state index in [0.717, 1.165) is 6.07 Å². The number of benzene rings is 2. The van der Waals surface area contributed by atoms with Gasteiger partial charge < -0.3 is 9.47 Å². The Morgan fingerprint density at radius 1 is 1.00 bits per heavy atom. The molecule has 0 aliphatic carbocycles. The first kappa shape index (κ1) is 21.7. The van der Waals surface area contributed by atoms with E-state index in [-0.39, 0.29) is 17.4 Å². The predicted octanol–water partition coefficient (Wildman–Crippen LogP) is 3.79. The zero-order chi connectivity index (χ0) is 21.9. The number of nitro groups is 2. The number of ether oxygens (including phenoxy) is 2. The second kappa shape index (κ2) is 8.21. The second-order valence-electron chi connectivity index (χ2n) is 7.28. The standard InChI is InChI=1S/C19H20N2O8/c1-5-28-17(22)15(19(2,3)4)18(23)29-16-12-9-7-6-8-11(12)13(20(24)25)10-14(16)21(26)27/h6-10,15H,5H2,1-4H3. The lowest BCUT2D eigenvalue weighted by Gasteiger charge is -2.26. The number of non-ortho nitro benzene ring substituents is 1. The van der Waals surface area contributed by atoms with Crippen molar-refractivity contribution in [2.75, 3.05) is 6.61 Å². The molecule has 0 aromatic heterocycles. The van der Waals surface area contributed by atoms with E-state index in [1.165, 1.54) is 24.3 Å². The maximum Gasteiger partial charge on any atom is 0.326 e. The smallest absolute Gasteiger partial charge is 0.326 e. The molecule has 0 aliphatic heterocycles. The molecule has 0 spiro atoms. The highest BCUT2D eigenvalue weighted by Gasteiger charge is 2.42. The fraction of sp³-hybridized carbons (Fsp3) is 0.368. The maximum atomic E-state index is 12.8. The Morgan fingerprint density at radius 2 is 1.55 bits per heavy atom. The largest absolute Gasteiger partial charge is 0.465 e. The van der Waals surface area contributed by atoms with Crippen LogP contribution >= 0.6 is 0 Å². The van der Waals surface area contributed by atoms with Crippen LogP contribution in [0.4, 0.5) is 11.4 Å². The van der Waals surface area contributed by atoms with Crippen LogP contribution in [0.15, 0.2) is 30.3 Å². The molecule has 0 saturated carbocycles. The number of carbonyl (C=O) groups is 2. The van der Waals surface area contributed by atoms with E-state index in [1.54, 1.807) is 27.7 Å². The molecule has 1 unspecified atom stereocenters. The van der Waals surface area contributed by atoms with Gasteiger partial charge in [-0.15, -0.1) is 0 Å². The summed E-state index contributed by atoms with van der Waals surface area (Å²) in [7, 11) is 0. The monoisotopic (exact) mass is 404 g/mol. The Hall–Kier alpha value is -3.56. The van der Waals surface area contributed by atoms with Crippen molar-refractivity contribution in [3.8, 4) is 5.75 Å². The quantitative estimate of drug-likeness (QED) is 0.233. The highest BCUT2D eigenvalue weighted by atomic mass is 16.6. The first-order valence-electron chi connectivity index (χ1n) is 8.71. The molecule has 1 atom stereocenters. The van der Waals surface area contributed by atoms with Crippen LogP contribution in [0.3, 0.4) is 0 Å². The number of hydrogen-bond donors (Lipinski definition) is 0. The number of nitrogens with zero attached hydrogens (tertiary/aromatic N) is 2. The van der Waals surface area contributed by atoms with Gasteiger partial charge in [0.15, 0.2) is 5.92 Å². The van der Waals surface area contributed by atoms with E-state index in [9.17, 15) is 29.8 Å². The fourth-order valence-corrected chi connectivity index (χ4v) is 2.90. The summed E-state index contributed by atoms with van der Waals surface area (Å²) in [5.41, 5.74) is -2.14. The fourth-order valence-electron chi connectivity index (χ4n) is 2.90. The molecule has 0 saturated heterocycles. The molecule has 2 rings (SSSR count). The van der Waals surface area contributed by atoms with Gasteiger partial charge >= 0.3 is 17.6 Å². The van der Waals surface area contributed by atoms with Crippen LogP contribution in [0.1, 0.15) is 27.7 Å². The molecule has 0 N–H and O–H groups in total. The number of esters is 2. The summed E-state index contributed by atoms with van der Waals surface area (Å²) in [6.45, 7) is 6.49. The zero-order valence-electron chi connectivity index (χ0n) is 16.3. The van der Waals surface area contributed by atoms with Gasteiger partial charge in [0.25, 0.3) is 5.69 Å². The molecule has 10 heteroatoms. The third-order valence-corrected chi connectivity index (χ3v) is 4.17. The van der Waals surface area contributed by atoms with Crippen molar-refractivity contribution in [2.45, 2.75) is 27.7 Å². The van der Waals surface area contributed by atoms with Crippen LogP contribution in [0.2, 0.25) is 0 Å². The molecule has 0 aliphatic rings. The van der Waals surface area contributed by atoms with Crippen LogP contribution in [0.5, 0.6) is 5.75 Å². The molecular weight excluding hydrogens is 384 g/mol. The average molecular weight is 404 g/mol. The lowest BCUT2D eigenvalue weighted by atomic mass is 9.81. The maximum absolute atomic E-state index is 12.8. The number of rotatable bonds is 6. The predicted molar refractivity (Wildman–Crippen MR) is 102 cm³/mol. The van der Waals surface area contributed by atoms with Gasteiger partial charge in [0, 0.05) is 5.39 Å². The number of hydrogen-bond acceptors (Lipinski definition) is 8. The summed E-state index contributed by atoms with van der Waals surface area (Å²) < 4.78 is 10.2. The number of carbonyl (C=O) groups excluding carboxylic acids is 2. The number of fused-ring (bicyclic) bond motifs is 1. The molecule has 10 nitrogen and oxygen atoms in total. The third kappa shape index (κ3) is 4.48. The van der Waals surface area contributed by atoms with Crippen molar-refractivity contribution < 1.29 is 28.9 Å². The minimum atomic E-state index is -1.35. The van der Waals surface area contributed by atoms with E-state index in [0.29, 0.717) is 0 Å². The lowest BCUT2D eigenvalue weighted by molar-refractivity contribution is -0.393. The van der Waals surface area contributed by atoms with E-state index < -0.39 is 50.2 Å². The molecule has 29 heavy (non-hydrogen) atoms. The van der Waals surface area contributed by atoms with Gasteiger partial charge in [-0.25, -0.2) is 0 Å². The van der Waals surface area contributed by atoms with Crippen LogP contribution in [-0.4, -0.2) is 28.4 Å². The summed E-state index contributed by atoms with van der Waals surface area (Å²) in [6, 6.07) is 6.51. The lowest BCUT2D eigenvalue weighted by Crippen LogP contribution is -2.39. The van der Waals surface area contributed by atoms with Gasteiger partial charge in [-0.05, 0) is 18.4 Å². The second-order valence-corrected chi connectivity index (χ2v) is 7.28. The van der Waals surface area contributed by atoms with Crippen molar-refractivity contribution in [1.29, 1.82) is 0 Å². The molecule has 0 bridgehead atoms. The highest BCUT2D eigenvalue weighted by Crippen LogP contribution is 2.42. The van der Waals surface area contributed by atoms with Crippen molar-refractivity contribution in [3.63, 3.8) is 0 Å². The molecule has 2 aromatic rings. The Balaban J connectivity index is 2.66. The summed E-state index contributed by atoms with van der Waals surface area (Å²) in [6.07, 6.45) is 0. The summed E-state index contributed by atoms with van der Waals surface area (Å²) in [5.74, 6) is -3.67. The molecule has 0 radical (unpaired) electrons. The average Bonchev–Trinajstić information content (AvgIpc) is 2.60. The van der Waals surface area contributed by atoms with Gasteiger partial charge in [0.2, 0.25) is 5.75 Å². The zero-order valence-corrected chi connectivity index (χ0v) is 16.3. The van der Waals surface area contributed by atoms with Crippen molar-refractivity contribution in [3.05, 3.63) is 50.6 Å². The first-order valence-corrected chi connectivity index (χ1v) is 8.71. The normalized spacial score (nSPS) is 12.3. The Bertz CT molecular complexity index is 994. The minimum absolute atomic E-state index is 0.0123. The Labute approximate surface area is 165 Å². The van der Waals surface area contributed by atoms with Crippen molar-refractivity contribution >= 4 is 34.1 Å². The van der Waals surface area contributed by atoms with E-state index in [2.05, 4.69) is 0 Å². The van der Waals surface area contributed by atoms with Gasteiger partial charge in [-0.3, -0.25) is 29.8 Å². The SMILES string of the molecule is CCOC(=O)C(C(=O)Oc1c([N+](=O)[O-])cc([N+](=O)[O-])c2ccccc12)C(C)(C)C. The van der Waals surface area contributed by atoms with Crippen molar-refractivity contribution in [2.24, 2.45) is 11.3 Å². The molecule has 0 fully saturated rings. The van der Waals surface area contributed by atoms with Gasteiger partial charge in [-0.2, -0.15) is 0 Å². The van der Waals surface area contributed by atoms with Gasteiger partial charge in [-0.1, -0.05) is 39.0 Å². The van der Waals surface area contributed by atoms with E-state index >= 15 is 0 Å². The molecule has 2 aromatic carbocycles. The third-order valence-electron chi connectivity index (χ3n) is 4.17. The van der Waals surface area contributed by atoms with E-state index in [4.69, 9.17) is 9.47 Å².